The lowest BCUT2D eigenvalue weighted by atomic mass is 9.91. The second kappa shape index (κ2) is 7.81. The lowest BCUT2D eigenvalue weighted by molar-refractivity contribution is -0.139. The molecule has 1 saturated heterocycles. The maximum absolute atomic E-state index is 13.5. The number of carbonyl (C=O) groups is 2. The van der Waals surface area contributed by atoms with Gasteiger partial charge in [0, 0.05) is 19.1 Å². The largest absolute Gasteiger partial charge is 0.433 e. The fourth-order valence-electron chi connectivity index (χ4n) is 3.70. The number of pyridine rings is 1. The average Bonchev–Trinajstić information content (AvgIpc) is 2.96. The summed E-state index contributed by atoms with van der Waals surface area (Å²) >= 11 is 6.10. The van der Waals surface area contributed by atoms with Gasteiger partial charge < -0.3 is 14.5 Å². The lowest BCUT2D eigenvalue weighted by Crippen LogP contribution is -2.56. The van der Waals surface area contributed by atoms with Crippen LogP contribution in [0.15, 0.2) is 12.3 Å². The molecule has 1 aliphatic heterocycles. The Morgan fingerprint density at radius 2 is 1.97 bits per heavy atom. The molecule has 0 spiro atoms. The second-order valence-corrected chi connectivity index (χ2v) is 7.67. The predicted octanol–water partition coefficient (Wildman–Crippen LogP) is 3.44. The first-order chi connectivity index (χ1) is 14.6. The fourth-order valence-corrected chi connectivity index (χ4v) is 3.95. The number of halogens is 6. The molecule has 2 fully saturated rings. The molecule has 0 radical (unpaired) electrons. The van der Waals surface area contributed by atoms with Crippen molar-refractivity contribution in [1.82, 2.24) is 19.2 Å². The molecule has 31 heavy (non-hydrogen) atoms. The van der Waals surface area contributed by atoms with E-state index in [0.717, 1.165) is 30.4 Å². The average molecular weight is 467 g/mol. The molecule has 2 amide bonds. The third-order valence-corrected chi connectivity index (χ3v) is 5.79. The molecular weight excluding hydrogens is 451 g/mol. The standard InChI is InChI=1S/C18H16ClF5N4O3/c19-14-13(16(30)26-4-5-27(12(29)8-26)9-2-1-3-9)25-15-11(18(22,23)24)6-10(7-28(14)15)31-17(20)21/h6-7,9,17H,1-5,8H2. The summed E-state index contributed by atoms with van der Waals surface area (Å²) in [4.78, 5) is 31.9. The smallest absolute Gasteiger partial charge is 0.420 e. The number of ether oxygens (including phenoxy) is 1. The van der Waals surface area contributed by atoms with E-state index in [0.29, 0.717) is 17.0 Å². The van der Waals surface area contributed by atoms with Crippen LogP contribution in [0, 0.1) is 0 Å². The zero-order valence-electron chi connectivity index (χ0n) is 15.8. The van der Waals surface area contributed by atoms with Gasteiger partial charge in [-0.2, -0.15) is 22.0 Å². The number of hydrogen-bond acceptors (Lipinski definition) is 4. The van der Waals surface area contributed by atoms with Crippen LogP contribution in [0.25, 0.3) is 5.65 Å². The van der Waals surface area contributed by atoms with Gasteiger partial charge in [-0.25, -0.2) is 4.98 Å². The van der Waals surface area contributed by atoms with Crippen LogP contribution in [0.3, 0.4) is 0 Å². The Morgan fingerprint density at radius 3 is 2.52 bits per heavy atom. The Labute approximate surface area is 177 Å². The maximum Gasteiger partial charge on any atom is 0.420 e. The van der Waals surface area contributed by atoms with Crippen LogP contribution < -0.4 is 4.74 Å². The Bertz CT molecular complexity index is 1040. The Balaban J connectivity index is 1.67. The number of alkyl halides is 5. The van der Waals surface area contributed by atoms with Gasteiger partial charge in [0.15, 0.2) is 11.3 Å². The highest BCUT2D eigenvalue weighted by molar-refractivity contribution is 6.33. The highest BCUT2D eigenvalue weighted by Gasteiger charge is 2.38. The van der Waals surface area contributed by atoms with Crippen LogP contribution in [0.1, 0.15) is 35.3 Å². The number of carbonyl (C=O) groups excluding carboxylic acids is 2. The molecule has 0 aromatic carbocycles. The highest BCUT2D eigenvalue weighted by Crippen LogP contribution is 2.37. The third kappa shape index (κ3) is 4.00. The number of piperazine rings is 1. The second-order valence-electron chi connectivity index (χ2n) is 7.31. The first-order valence-electron chi connectivity index (χ1n) is 9.38. The normalized spacial score (nSPS) is 18.1. The van der Waals surface area contributed by atoms with Crippen molar-refractivity contribution in [2.75, 3.05) is 19.6 Å². The Morgan fingerprint density at radius 1 is 1.26 bits per heavy atom. The van der Waals surface area contributed by atoms with Crippen LogP contribution in [0.2, 0.25) is 5.15 Å². The van der Waals surface area contributed by atoms with Crippen molar-refractivity contribution < 1.29 is 36.3 Å². The van der Waals surface area contributed by atoms with Crippen LogP contribution in [-0.2, 0) is 11.0 Å². The minimum absolute atomic E-state index is 0.158. The molecular formula is C18H16ClF5N4O3. The van der Waals surface area contributed by atoms with E-state index in [1.807, 2.05) is 0 Å². The zero-order chi connectivity index (χ0) is 22.5. The van der Waals surface area contributed by atoms with Gasteiger partial charge in [-0.05, 0) is 25.3 Å². The molecule has 0 bridgehead atoms. The number of hydrogen-bond donors (Lipinski definition) is 0. The van der Waals surface area contributed by atoms with E-state index in [2.05, 4.69) is 9.72 Å². The van der Waals surface area contributed by atoms with Crippen LogP contribution in [0.5, 0.6) is 5.75 Å². The van der Waals surface area contributed by atoms with E-state index < -0.39 is 46.5 Å². The van der Waals surface area contributed by atoms with Crippen LogP contribution in [0.4, 0.5) is 22.0 Å². The van der Waals surface area contributed by atoms with Crippen molar-refractivity contribution in [2.24, 2.45) is 0 Å². The summed E-state index contributed by atoms with van der Waals surface area (Å²) in [6, 6.07) is 0.520. The minimum Gasteiger partial charge on any atom is -0.433 e. The molecule has 1 aliphatic carbocycles. The molecule has 13 heteroatoms. The highest BCUT2D eigenvalue weighted by atomic mass is 35.5. The van der Waals surface area contributed by atoms with Gasteiger partial charge in [-0.1, -0.05) is 11.6 Å². The number of rotatable bonds is 4. The van der Waals surface area contributed by atoms with Crippen molar-refractivity contribution in [2.45, 2.75) is 38.1 Å². The molecule has 4 rings (SSSR count). The van der Waals surface area contributed by atoms with Gasteiger partial charge in [-0.3, -0.25) is 14.0 Å². The quantitative estimate of drug-likeness (QED) is 0.647. The summed E-state index contributed by atoms with van der Waals surface area (Å²) in [6.07, 6.45) is -1.33. The van der Waals surface area contributed by atoms with Crippen molar-refractivity contribution in [3.05, 3.63) is 28.7 Å². The van der Waals surface area contributed by atoms with Crippen molar-refractivity contribution >= 4 is 29.1 Å². The maximum atomic E-state index is 13.5. The number of nitrogens with zero attached hydrogens (tertiary/aromatic N) is 4. The number of aromatic nitrogens is 2. The summed E-state index contributed by atoms with van der Waals surface area (Å²) in [5, 5.41) is -0.501. The number of imidazole rings is 1. The molecule has 2 aromatic rings. The molecule has 168 valence electrons. The minimum atomic E-state index is -4.97. The van der Waals surface area contributed by atoms with Gasteiger partial charge in [0.1, 0.15) is 23.0 Å². The van der Waals surface area contributed by atoms with E-state index in [1.54, 1.807) is 4.90 Å². The summed E-state index contributed by atoms with van der Waals surface area (Å²) < 4.78 is 70.2. The Hall–Kier alpha value is -2.63. The van der Waals surface area contributed by atoms with Crippen molar-refractivity contribution in [1.29, 1.82) is 0 Å². The molecule has 0 unspecified atom stereocenters. The summed E-state index contributed by atoms with van der Waals surface area (Å²) in [6.45, 7) is -3.12. The molecule has 7 nitrogen and oxygen atoms in total. The molecule has 0 N–H and O–H groups in total. The van der Waals surface area contributed by atoms with Gasteiger partial charge in [0.25, 0.3) is 5.91 Å². The van der Waals surface area contributed by atoms with E-state index in [1.165, 1.54) is 0 Å². The van der Waals surface area contributed by atoms with Gasteiger partial charge in [0.05, 0.1) is 6.20 Å². The number of fused-ring (bicyclic) bond motifs is 1. The predicted molar refractivity (Wildman–Crippen MR) is 97.1 cm³/mol. The number of amides is 2. The SMILES string of the molecule is O=C(c1nc2c(C(F)(F)F)cc(OC(F)F)cn2c1Cl)N1CCN(C2CCC2)C(=O)C1. The van der Waals surface area contributed by atoms with Crippen LogP contribution in [-0.4, -0.2) is 63.3 Å². The third-order valence-electron chi connectivity index (χ3n) is 5.43. The summed E-state index contributed by atoms with van der Waals surface area (Å²) in [5.74, 6) is -1.87. The van der Waals surface area contributed by atoms with E-state index >= 15 is 0 Å². The van der Waals surface area contributed by atoms with Crippen molar-refractivity contribution in [3.8, 4) is 5.75 Å². The van der Waals surface area contributed by atoms with Crippen LogP contribution >= 0.6 is 11.6 Å². The van der Waals surface area contributed by atoms with Crippen molar-refractivity contribution in [3.63, 3.8) is 0 Å². The molecule has 1 saturated carbocycles. The van der Waals surface area contributed by atoms with E-state index in [9.17, 15) is 31.5 Å². The molecule has 3 heterocycles. The lowest BCUT2D eigenvalue weighted by Gasteiger charge is -2.42. The summed E-state index contributed by atoms with van der Waals surface area (Å²) in [7, 11) is 0. The monoisotopic (exact) mass is 466 g/mol. The Kier molecular flexibility index (Phi) is 5.44. The van der Waals surface area contributed by atoms with E-state index in [4.69, 9.17) is 11.6 Å². The van der Waals surface area contributed by atoms with Gasteiger partial charge in [0.2, 0.25) is 5.91 Å². The molecule has 0 atom stereocenters. The van der Waals surface area contributed by atoms with Gasteiger partial charge in [-0.15, -0.1) is 0 Å². The molecule has 2 aromatic heterocycles. The van der Waals surface area contributed by atoms with E-state index in [-0.39, 0.29) is 25.0 Å². The fraction of sp³-hybridized carbons (Fsp3) is 0.500. The van der Waals surface area contributed by atoms with Gasteiger partial charge >= 0.3 is 12.8 Å². The summed E-state index contributed by atoms with van der Waals surface area (Å²) in [5.41, 5.74) is -2.63. The molecule has 2 aliphatic rings. The first-order valence-corrected chi connectivity index (χ1v) is 9.76. The first kappa shape index (κ1) is 21.6. The topological polar surface area (TPSA) is 67.2 Å². The zero-order valence-corrected chi connectivity index (χ0v) is 16.6.